The van der Waals surface area contributed by atoms with Gasteiger partial charge in [0.05, 0.1) is 20.3 Å². The molecule has 1 amide bonds. The van der Waals surface area contributed by atoms with Gasteiger partial charge in [-0.15, -0.1) is 0 Å². The molecule has 142 valence electrons. The topological polar surface area (TPSA) is 92.8 Å². The molecular weight excluding hydrogens is 374 g/mol. The maximum absolute atomic E-state index is 13.4. The largest absolute Gasteiger partial charge is 0.479 e. The van der Waals surface area contributed by atoms with Crippen molar-refractivity contribution in [2.45, 2.75) is 24.9 Å². The maximum atomic E-state index is 13.4. The summed E-state index contributed by atoms with van der Waals surface area (Å²) in [5.74, 6) is -0.902. The number of ether oxygens (including phenoxy) is 2. The molecule has 1 aliphatic heterocycles. The molecule has 2 aromatic rings. The van der Waals surface area contributed by atoms with Crippen molar-refractivity contribution >= 4 is 23.6 Å². The van der Waals surface area contributed by atoms with E-state index in [0.717, 1.165) is 4.57 Å². The minimum Gasteiger partial charge on any atom is -0.479 e. The Morgan fingerprint density at radius 2 is 1.96 bits per heavy atom. The molecule has 0 unspecified atom stereocenters. The number of hydrogen-bond acceptors (Lipinski definition) is 5. The number of halogens is 1. The number of aromatic nitrogens is 2. The fourth-order valence-electron chi connectivity index (χ4n) is 3.36. The van der Waals surface area contributed by atoms with Crippen molar-refractivity contribution in [2.75, 3.05) is 14.2 Å². The molecule has 1 aromatic heterocycles. The molecule has 27 heavy (non-hydrogen) atoms. The molecule has 0 spiro atoms. The van der Waals surface area contributed by atoms with Gasteiger partial charge in [-0.2, -0.15) is 0 Å². The first-order chi connectivity index (χ1) is 13.0. The number of benzene rings is 1. The van der Waals surface area contributed by atoms with Gasteiger partial charge in [0.15, 0.2) is 6.04 Å². The molecule has 1 fully saturated rings. The second-order valence-corrected chi connectivity index (χ2v) is 6.38. The third kappa shape index (κ3) is 3.40. The Kier molecular flexibility index (Phi) is 5.46. The van der Waals surface area contributed by atoms with Gasteiger partial charge in [0.2, 0.25) is 0 Å². The first-order valence-corrected chi connectivity index (χ1v) is 8.66. The van der Waals surface area contributed by atoms with Gasteiger partial charge in [-0.3, -0.25) is 0 Å². The van der Waals surface area contributed by atoms with Crippen LogP contribution in [0.2, 0.25) is 5.02 Å². The number of amides is 1. The third-order valence-corrected chi connectivity index (χ3v) is 4.90. The molecule has 0 radical (unpaired) electrons. The summed E-state index contributed by atoms with van der Waals surface area (Å²) in [5.41, 5.74) is 0.693. The van der Waals surface area contributed by atoms with E-state index in [1.807, 2.05) is 0 Å². The van der Waals surface area contributed by atoms with E-state index in [4.69, 9.17) is 21.1 Å². The minimum atomic E-state index is -1.08. The Morgan fingerprint density at radius 1 is 1.22 bits per heavy atom. The van der Waals surface area contributed by atoms with E-state index in [2.05, 4.69) is 4.98 Å². The molecule has 0 saturated carbocycles. The number of rotatable bonds is 4. The fraction of sp³-hybridized carbons (Fsp3) is 0.333. The van der Waals surface area contributed by atoms with Crippen LogP contribution >= 0.6 is 11.6 Å². The zero-order chi connectivity index (χ0) is 19.6. The average molecular weight is 393 g/mol. The number of likely N-dealkylation sites (tertiary alicyclic amines) is 1. The lowest BCUT2D eigenvalue weighted by Crippen LogP contribution is -2.57. The lowest BCUT2D eigenvalue weighted by molar-refractivity contribution is -0.596. The molecule has 3 rings (SSSR count). The molecular formula is C18H19ClN3O5+. The number of carbonyl (C=O) groups is 2. The van der Waals surface area contributed by atoms with Gasteiger partial charge >= 0.3 is 18.0 Å². The number of carbonyl (C=O) groups excluding carboxylic acids is 1. The van der Waals surface area contributed by atoms with Crippen molar-refractivity contribution in [3.05, 3.63) is 47.1 Å². The highest BCUT2D eigenvalue weighted by atomic mass is 35.5. The number of hydrogen-bond donors (Lipinski definition) is 1. The number of aliphatic carboxylic acids is 1. The summed E-state index contributed by atoms with van der Waals surface area (Å²) in [6.45, 7) is 0. The number of nitrogens with zero attached hydrogens (tertiary/aromatic N) is 3. The Bertz CT molecular complexity index is 854. The van der Waals surface area contributed by atoms with Gasteiger partial charge in [-0.25, -0.2) is 14.5 Å². The van der Waals surface area contributed by atoms with Gasteiger partial charge in [-0.05, 0) is 18.9 Å². The van der Waals surface area contributed by atoms with Crippen LogP contribution in [-0.2, 0) is 4.79 Å². The van der Waals surface area contributed by atoms with Crippen LogP contribution in [-0.4, -0.2) is 47.3 Å². The van der Waals surface area contributed by atoms with Crippen molar-refractivity contribution in [1.29, 1.82) is 0 Å². The predicted octanol–water partition coefficient (Wildman–Crippen LogP) is 2.30. The normalized spacial score (nSPS) is 19.0. The first-order valence-electron chi connectivity index (χ1n) is 8.28. The molecule has 9 heteroatoms. The van der Waals surface area contributed by atoms with Gasteiger partial charge in [0.25, 0.3) is 5.88 Å². The fourth-order valence-corrected chi connectivity index (χ4v) is 3.62. The number of carboxylic acids is 1. The van der Waals surface area contributed by atoms with E-state index in [1.165, 1.54) is 31.4 Å². The van der Waals surface area contributed by atoms with Crippen LogP contribution < -0.4 is 14.0 Å². The number of methoxy groups -OCH3 is 2. The van der Waals surface area contributed by atoms with Crippen LogP contribution in [0.3, 0.4) is 0 Å². The van der Waals surface area contributed by atoms with Crippen molar-refractivity contribution < 1.29 is 28.7 Å². The van der Waals surface area contributed by atoms with E-state index in [9.17, 15) is 14.7 Å². The summed E-state index contributed by atoms with van der Waals surface area (Å²) in [6.07, 6.45) is 2.21. The standard InChI is InChI=1S/C18H18ClN3O5/c1-26-15-9-10-20-17(27-2)22(15)18(25)21-13(7-8-14(21)16(23)24)11-5-3-4-6-12(11)19/h3-6,9-10,13-14H,7-8H2,1-2H3/p+1/t13-,14+/m1/s1. The molecule has 0 bridgehead atoms. The van der Waals surface area contributed by atoms with E-state index >= 15 is 0 Å². The summed E-state index contributed by atoms with van der Waals surface area (Å²) in [5, 5.41) is 10.1. The van der Waals surface area contributed by atoms with Crippen LogP contribution in [0, 0.1) is 0 Å². The first kappa shape index (κ1) is 18.9. The van der Waals surface area contributed by atoms with E-state index < -0.39 is 24.1 Å². The highest BCUT2D eigenvalue weighted by Gasteiger charge is 2.49. The van der Waals surface area contributed by atoms with Crippen molar-refractivity contribution in [3.63, 3.8) is 0 Å². The van der Waals surface area contributed by atoms with Crippen LogP contribution in [0.5, 0.6) is 11.9 Å². The smallest absolute Gasteiger partial charge is 0.450 e. The summed E-state index contributed by atoms with van der Waals surface area (Å²) < 4.78 is 11.5. The second kappa shape index (κ2) is 7.79. The van der Waals surface area contributed by atoms with Gasteiger partial charge in [0, 0.05) is 10.6 Å². The van der Waals surface area contributed by atoms with Gasteiger partial charge < -0.3 is 14.6 Å². The van der Waals surface area contributed by atoms with Crippen LogP contribution in [0.4, 0.5) is 4.79 Å². The lowest BCUT2D eigenvalue weighted by atomic mass is 10.0. The Hall–Kier alpha value is -2.87. The zero-order valence-electron chi connectivity index (χ0n) is 14.8. The number of carboxylic acid groups (broad SMARTS) is 1. The highest BCUT2D eigenvalue weighted by molar-refractivity contribution is 6.31. The summed E-state index contributed by atoms with van der Waals surface area (Å²) in [6, 6.07) is 6.48. The molecule has 8 nitrogen and oxygen atoms in total. The predicted molar refractivity (Wildman–Crippen MR) is 95.0 cm³/mol. The van der Waals surface area contributed by atoms with Crippen LogP contribution in [0.25, 0.3) is 0 Å². The van der Waals surface area contributed by atoms with E-state index in [0.29, 0.717) is 23.4 Å². The van der Waals surface area contributed by atoms with Crippen molar-refractivity contribution in [1.82, 2.24) is 9.88 Å². The lowest BCUT2D eigenvalue weighted by Gasteiger charge is -2.24. The van der Waals surface area contributed by atoms with Crippen LogP contribution in [0.1, 0.15) is 24.4 Å². The summed E-state index contributed by atoms with van der Waals surface area (Å²) in [4.78, 5) is 30.5. The summed E-state index contributed by atoms with van der Waals surface area (Å²) >= 11 is 6.31. The summed E-state index contributed by atoms with van der Waals surface area (Å²) in [7, 11) is 2.78. The van der Waals surface area contributed by atoms with Crippen LogP contribution in [0.15, 0.2) is 36.5 Å². The quantitative estimate of drug-likeness (QED) is 0.802. The molecule has 2 atom stereocenters. The van der Waals surface area contributed by atoms with Crippen molar-refractivity contribution in [3.8, 4) is 11.9 Å². The molecule has 1 saturated heterocycles. The molecule has 1 aliphatic rings. The SMILES string of the molecule is COc1ccnc(OC)[n+]1C(=O)N1[C@@H](c2ccccc2Cl)CC[C@H]1C(=O)O. The van der Waals surface area contributed by atoms with E-state index in [1.54, 1.807) is 24.3 Å². The molecule has 0 aliphatic carbocycles. The molecule has 2 heterocycles. The second-order valence-electron chi connectivity index (χ2n) is 5.97. The molecule has 1 aromatic carbocycles. The average Bonchev–Trinajstić information content (AvgIpc) is 3.12. The zero-order valence-corrected chi connectivity index (χ0v) is 15.6. The van der Waals surface area contributed by atoms with Gasteiger partial charge in [0.1, 0.15) is 12.2 Å². The third-order valence-electron chi connectivity index (χ3n) is 4.55. The maximum Gasteiger partial charge on any atom is 0.450 e. The Balaban J connectivity index is 2.11. The Morgan fingerprint density at radius 3 is 2.59 bits per heavy atom. The highest BCUT2D eigenvalue weighted by Crippen LogP contribution is 2.39. The molecule has 1 N–H and O–H groups in total. The van der Waals surface area contributed by atoms with E-state index in [-0.39, 0.29) is 11.9 Å². The Labute approximate surface area is 160 Å². The van der Waals surface area contributed by atoms with Crippen molar-refractivity contribution in [2.24, 2.45) is 0 Å². The minimum absolute atomic E-state index is 0.00621. The monoisotopic (exact) mass is 392 g/mol. The van der Waals surface area contributed by atoms with Gasteiger partial charge in [-0.1, -0.05) is 39.4 Å².